The minimum Gasteiger partial charge on any atom is -0.447 e. The van der Waals surface area contributed by atoms with E-state index in [1.54, 1.807) is 51.8 Å². The van der Waals surface area contributed by atoms with E-state index in [0.29, 0.717) is 52.5 Å². The second kappa shape index (κ2) is 19.4. The van der Waals surface area contributed by atoms with Gasteiger partial charge in [0.15, 0.2) is 0 Å². The highest BCUT2D eigenvalue weighted by Gasteiger charge is 2.43. The number of carbonyl (C=O) groups is 1. The lowest BCUT2D eigenvalue weighted by Crippen LogP contribution is -2.50. The molecule has 1 amide bonds. The van der Waals surface area contributed by atoms with Crippen LogP contribution in [0, 0.1) is 0 Å². The highest BCUT2D eigenvalue weighted by molar-refractivity contribution is 7.54. The van der Waals surface area contributed by atoms with E-state index in [1.807, 2.05) is 13.8 Å². The lowest BCUT2D eigenvalue weighted by atomic mass is 10.2. The molecule has 3 rings (SSSR count). The number of amides is 1. The molecule has 0 bridgehead atoms. The first-order valence-electron chi connectivity index (χ1n) is 15.9. The minimum atomic E-state index is -3.46. The van der Waals surface area contributed by atoms with E-state index in [-0.39, 0.29) is 64.5 Å². The maximum absolute atomic E-state index is 14.2. The Morgan fingerprint density at radius 3 is 1.96 bits per heavy atom. The summed E-state index contributed by atoms with van der Waals surface area (Å²) >= 11 is 0. The van der Waals surface area contributed by atoms with Crippen LogP contribution in [0.1, 0.15) is 13.8 Å². The largest absolute Gasteiger partial charge is 0.447 e. The number of hydrogen-bond acceptors (Lipinski definition) is 12. The summed E-state index contributed by atoms with van der Waals surface area (Å²) in [5.41, 5.74) is 0. The van der Waals surface area contributed by atoms with Crippen molar-refractivity contribution in [2.45, 2.75) is 38.3 Å². The predicted molar refractivity (Wildman–Crippen MR) is 171 cm³/mol. The summed E-state index contributed by atoms with van der Waals surface area (Å²) in [6, 6.07) is 0. The average molecular weight is 703 g/mol. The molecule has 3 heterocycles. The Kier molecular flexibility index (Phi) is 16.8. The van der Waals surface area contributed by atoms with Gasteiger partial charge in [-0.1, -0.05) is 0 Å². The monoisotopic (exact) mass is 702 g/mol. The van der Waals surface area contributed by atoms with Crippen LogP contribution in [0.3, 0.4) is 0 Å². The fourth-order valence-corrected chi connectivity index (χ4v) is 9.38. The molecule has 0 aromatic heterocycles. The molecule has 3 aliphatic rings. The Morgan fingerprint density at radius 1 is 0.783 bits per heavy atom. The Labute approximate surface area is 273 Å². The molecule has 3 fully saturated rings. The Bertz CT molecular complexity index is 1010. The maximum atomic E-state index is 14.2. The van der Waals surface area contributed by atoms with Crippen molar-refractivity contribution in [3.8, 4) is 0 Å². The van der Waals surface area contributed by atoms with Gasteiger partial charge in [-0.25, -0.2) is 23.5 Å². The number of rotatable bonds is 18. The zero-order valence-corrected chi connectivity index (χ0v) is 30.1. The fraction of sp³-hybridized carbons (Fsp3) is 0.963. The zero-order valence-electron chi connectivity index (χ0n) is 28.3. The van der Waals surface area contributed by atoms with Crippen molar-refractivity contribution in [3.05, 3.63) is 0 Å². The van der Waals surface area contributed by atoms with E-state index in [4.69, 9.17) is 37.8 Å². The lowest BCUT2D eigenvalue weighted by Gasteiger charge is -2.43. The number of carbonyl (C=O) groups excluding carboxylic acids is 1. The van der Waals surface area contributed by atoms with Gasteiger partial charge in [0.1, 0.15) is 6.61 Å². The fourth-order valence-electron chi connectivity index (χ4n) is 5.35. The van der Waals surface area contributed by atoms with Crippen molar-refractivity contribution in [3.63, 3.8) is 0 Å². The van der Waals surface area contributed by atoms with Crippen LogP contribution in [-0.4, -0.2) is 193 Å². The molecule has 19 heteroatoms. The quantitative estimate of drug-likeness (QED) is 0.151. The number of morpholine rings is 2. The van der Waals surface area contributed by atoms with Crippen LogP contribution in [0.4, 0.5) is 4.79 Å². The SMILES string of the molecule is C[C@H]1CNC[C@@H](COP(=O)(N(C)C)N2C[C@@H](COP(=O)(N(C)C)N3CCN(C(=O)OCCOCCOCCO)CC3)O[C@@H](C)C2)O1. The summed E-state index contributed by atoms with van der Waals surface area (Å²) in [6.07, 6.45) is -1.37. The van der Waals surface area contributed by atoms with Gasteiger partial charge in [0, 0.05) is 52.4 Å². The third-order valence-corrected chi connectivity index (χ3v) is 12.8. The molecule has 2 unspecified atom stereocenters. The van der Waals surface area contributed by atoms with Gasteiger partial charge in [-0.05, 0) is 42.0 Å². The number of nitrogens with one attached hydrogen (secondary N) is 1. The molecule has 0 aliphatic carbocycles. The molecule has 0 aromatic rings. The average Bonchev–Trinajstić information content (AvgIpc) is 3.03. The summed E-state index contributed by atoms with van der Waals surface area (Å²) in [5, 5.41) is 12.0. The first kappa shape index (κ1) is 39.7. The Morgan fingerprint density at radius 2 is 1.35 bits per heavy atom. The molecular formula is C27H56N6O11P2. The second-order valence-electron chi connectivity index (χ2n) is 11.9. The lowest BCUT2D eigenvalue weighted by molar-refractivity contribution is -0.0807. The molecule has 0 spiro atoms. The number of aliphatic hydroxyl groups excluding tert-OH is 1. The van der Waals surface area contributed by atoms with Gasteiger partial charge >= 0.3 is 21.4 Å². The normalized spacial score (nSPS) is 27.9. The highest BCUT2D eigenvalue weighted by Crippen LogP contribution is 2.55. The molecule has 3 aliphatic heterocycles. The van der Waals surface area contributed by atoms with Gasteiger partial charge in [0.2, 0.25) is 0 Å². The molecule has 2 N–H and O–H groups in total. The Balaban J connectivity index is 1.49. The molecule has 46 heavy (non-hydrogen) atoms. The Hall–Kier alpha value is -0.750. The molecule has 0 radical (unpaired) electrons. The highest BCUT2D eigenvalue weighted by atomic mass is 31.2. The standard InChI is InChI=1S/C27H56N6O11P2/c1-23-17-28-18-25(43-23)21-41-46(37,30(5)6)33-19-24(2)44-26(20-33)22-42-45(36,29(3)4)32-9-7-31(8-10-32)27(35)40-16-15-39-14-13-38-12-11-34/h23-26,28,34H,7-22H2,1-6H3/t23-,24-,25-,26-,45?,46?/m0/s1. The van der Waals surface area contributed by atoms with Gasteiger partial charge in [-0.3, -0.25) is 9.13 Å². The van der Waals surface area contributed by atoms with Crippen LogP contribution in [0.5, 0.6) is 0 Å². The molecule has 6 atom stereocenters. The molecule has 0 aromatic carbocycles. The third-order valence-electron chi connectivity index (χ3n) is 7.69. The van der Waals surface area contributed by atoms with Crippen molar-refractivity contribution < 1.29 is 51.8 Å². The van der Waals surface area contributed by atoms with Crippen LogP contribution >= 0.6 is 15.3 Å². The molecule has 17 nitrogen and oxygen atoms in total. The summed E-state index contributed by atoms with van der Waals surface area (Å²) in [6.45, 7) is 8.71. The summed E-state index contributed by atoms with van der Waals surface area (Å²) in [4.78, 5) is 14.1. The van der Waals surface area contributed by atoms with Crippen LogP contribution < -0.4 is 5.32 Å². The van der Waals surface area contributed by atoms with Crippen molar-refractivity contribution in [1.29, 1.82) is 0 Å². The van der Waals surface area contributed by atoms with Crippen molar-refractivity contribution >= 4 is 21.4 Å². The van der Waals surface area contributed by atoms with Gasteiger partial charge in [-0.2, -0.15) is 0 Å². The van der Waals surface area contributed by atoms with E-state index >= 15 is 0 Å². The second-order valence-corrected chi connectivity index (χ2v) is 17.1. The van der Waals surface area contributed by atoms with Crippen molar-refractivity contribution in [1.82, 2.24) is 28.9 Å². The molecule has 3 saturated heterocycles. The topological polar surface area (TPSA) is 164 Å². The van der Waals surface area contributed by atoms with Gasteiger partial charge in [0.05, 0.1) is 70.7 Å². The van der Waals surface area contributed by atoms with Crippen LogP contribution in [0.2, 0.25) is 0 Å². The third kappa shape index (κ3) is 11.7. The predicted octanol–water partition coefficient (Wildman–Crippen LogP) is 0.605. The van der Waals surface area contributed by atoms with Crippen molar-refractivity contribution in [2.24, 2.45) is 0 Å². The van der Waals surface area contributed by atoms with E-state index in [9.17, 15) is 13.9 Å². The zero-order chi connectivity index (χ0) is 33.7. The van der Waals surface area contributed by atoms with E-state index in [2.05, 4.69) is 5.32 Å². The number of ether oxygens (including phenoxy) is 5. The smallest absolute Gasteiger partial charge is 0.409 e. The summed E-state index contributed by atoms with van der Waals surface area (Å²) in [7, 11) is -0.00882. The van der Waals surface area contributed by atoms with Crippen LogP contribution in [0.25, 0.3) is 0 Å². The molecule has 0 saturated carbocycles. The number of aliphatic hydroxyl groups is 1. The van der Waals surface area contributed by atoms with Gasteiger partial charge in [0.25, 0.3) is 0 Å². The number of nitrogens with zero attached hydrogens (tertiary/aromatic N) is 5. The molecular weight excluding hydrogens is 646 g/mol. The van der Waals surface area contributed by atoms with E-state index in [1.165, 1.54) is 0 Å². The van der Waals surface area contributed by atoms with Gasteiger partial charge in [-0.15, -0.1) is 0 Å². The van der Waals surface area contributed by atoms with Crippen LogP contribution in [-0.2, 0) is 41.9 Å². The summed E-state index contributed by atoms with van der Waals surface area (Å²) < 4.78 is 75.2. The summed E-state index contributed by atoms with van der Waals surface area (Å²) in [5.74, 6) is 0. The van der Waals surface area contributed by atoms with Crippen LogP contribution in [0.15, 0.2) is 0 Å². The van der Waals surface area contributed by atoms with E-state index < -0.39 is 27.5 Å². The minimum absolute atomic E-state index is 0.0180. The number of hydrogen-bond donors (Lipinski definition) is 2. The van der Waals surface area contributed by atoms with E-state index in [0.717, 1.165) is 6.54 Å². The number of piperazine rings is 1. The van der Waals surface area contributed by atoms with Crippen molar-refractivity contribution in [2.75, 3.05) is 133 Å². The molecule has 270 valence electrons. The van der Waals surface area contributed by atoms with Gasteiger partial charge < -0.3 is 48.1 Å². The maximum Gasteiger partial charge on any atom is 0.409 e. The first-order valence-corrected chi connectivity index (χ1v) is 19.0. The first-order chi connectivity index (χ1) is 21.9.